The van der Waals surface area contributed by atoms with Gasteiger partial charge in [-0.25, -0.2) is 0 Å². The molecule has 17 heavy (non-hydrogen) atoms. The number of nitrogens with zero attached hydrogens (tertiary/aromatic N) is 1. The number of para-hydroxylation sites is 1. The number of hydrogen-bond donors (Lipinski definition) is 0. The van der Waals surface area contributed by atoms with Gasteiger partial charge in [-0.05, 0) is 12.1 Å². The minimum atomic E-state index is -0.294. The quantitative estimate of drug-likeness (QED) is 0.784. The lowest BCUT2D eigenvalue weighted by Gasteiger charge is -2.41. The Balaban J connectivity index is 1.82. The molecule has 1 saturated heterocycles. The van der Waals surface area contributed by atoms with Gasteiger partial charge in [0.05, 0.1) is 13.1 Å². The second kappa shape index (κ2) is 4.40. The third-order valence-electron chi connectivity index (χ3n) is 2.82. The van der Waals surface area contributed by atoms with Gasteiger partial charge in [-0.2, -0.15) is 0 Å². The maximum Gasteiger partial charge on any atom is 0.228 e. The van der Waals surface area contributed by atoms with Crippen molar-refractivity contribution in [1.29, 1.82) is 0 Å². The summed E-state index contributed by atoms with van der Waals surface area (Å²) in [4.78, 5) is 13.8. The number of rotatable bonds is 2. The van der Waals surface area contributed by atoms with Gasteiger partial charge in [0, 0.05) is 5.41 Å². The molecule has 1 heterocycles. The summed E-state index contributed by atoms with van der Waals surface area (Å²) in [5.74, 6) is 1.07. The zero-order valence-electron chi connectivity index (χ0n) is 10.6. The Labute approximate surface area is 102 Å². The highest BCUT2D eigenvalue weighted by atomic mass is 16.5. The van der Waals surface area contributed by atoms with Crippen molar-refractivity contribution in [2.75, 3.05) is 13.1 Å². The van der Waals surface area contributed by atoms with Crippen molar-refractivity contribution in [2.24, 2.45) is 5.41 Å². The molecule has 1 aromatic carbocycles. The van der Waals surface area contributed by atoms with Crippen LogP contribution in [0.25, 0.3) is 0 Å². The van der Waals surface area contributed by atoms with Crippen LogP contribution in [0.2, 0.25) is 0 Å². The fourth-order valence-electron chi connectivity index (χ4n) is 1.84. The molecule has 0 unspecified atom stereocenters. The Morgan fingerprint density at radius 2 is 1.82 bits per heavy atom. The summed E-state index contributed by atoms with van der Waals surface area (Å²) < 4.78 is 5.75. The third kappa shape index (κ3) is 2.78. The van der Waals surface area contributed by atoms with Gasteiger partial charge in [-0.3, -0.25) is 4.79 Å². The molecule has 92 valence electrons. The summed E-state index contributed by atoms with van der Waals surface area (Å²) in [6.07, 6.45) is 0.142. The van der Waals surface area contributed by atoms with E-state index in [1.807, 2.05) is 56.0 Å². The van der Waals surface area contributed by atoms with E-state index in [1.165, 1.54) is 0 Å². The Morgan fingerprint density at radius 1 is 1.24 bits per heavy atom. The van der Waals surface area contributed by atoms with Crippen molar-refractivity contribution in [3.8, 4) is 5.75 Å². The molecule has 0 N–H and O–H groups in total. The lowest BCUT2D eigenvalue weighted by Crippen LogP contribution is -2.58. The second-order valence-corrected chi connectivity index (χ2v) is 5.51. The molecule has 1 fully saturated rings. The Hall–Kier alpha value is -1.51. The van der Waals surface area contributed by atoms with E-state index in [1.54, 1.807) is 0 Å². The summed E-state index contributed by atoms with van der Waals surface area (Å²) in [7, 11) is 0. The van der Waals surface area contributed by atoms with Crippen molar-refractivity contribution in [1.82, 2.24) is 4.90 Å². The van der Waals surface area contributed by atoms with Crippen LogP contribution < -0.4 is 4.74 Å². The van der Waals surface area contributed by atoms with Crippen molar-refractivity contribution in [3.05, 3.63) is 30.3 Å². The standard InChI is InChI=1S/C14H19NO2/c1-14(2,3)13(16)15-9-12(10-15)17-11-7-5-4-6-8-11/h4-8,12H,9-10H2,1-3H3. The zero-order valence-corrected chi connectivity index (χ0v) is 10.6. The van der Waals surface area contributed by atoms with Gasteiger partial charge in [0.2, 0.25) is 5.91 Å². The summed E-state index contributed by atoms with van der Waals surface area (Å²) in [6, 6.07) is 9.74. The highest BCUT2D eigenvalue weighted by Crippen LogP contribution is 2.24. The van der Waals surface area contributed by atoms with Gasteiger partial charge in [0.1, 0.15) is 11.9 Å². The first-order chi connectivity index (χ1) is 7.97. The smallest absolute Gasteiger partial charge is 0.228 e. The lowest BCUT2D eigenvalue weighted by molar-refractivity contribution is -0.148. The number of benzene rings is 1. The zero-order chi connectivity index (χ0) is 12.5. The molecule has 3 heteroatoms. The highest BCUT2D eigenvalue weighted by Gasteiger charge is 2.37. The molecule has 0 spiro atoms. The maximum atomic E-state index is 11.9. The minimum absolute atomic E-state index is 0.142. The molecule has 3 nitrogen and oxygen atoms in total. The molecule has 1 amide bonds. The highest BCUT2D eigenvalue weighted by molar-refractivity contribution is 5.82. The normalized spacial score (nSPS) is 16.5. The first-order valence-corrected chi connectivity index (χ1v) is 5.98. The monoisotopic (exact) mass is 233 g/mol. The van der Waals surface area contributed by atoms with Gasteiger partial charge in [0.15, 0.2) is 0 Å². The number of hydrogen-bond acceptors (Lipinski definition) is 2. The first kappa shape index (κ1) is 12.0. The van der Waals surface area contributed by atoms with Crippen LogP contribution in [0, 0.1) is 5.41 Å². The van der Waals surface area contributed by atoms with Crippen LogP contribution in [0.15, 0.2) is 30.3 Å². The summed E-state index contributed by atoms with van der Waals surface area (Å²) in [5, 5.41) is 0. The SMILES string of the molecule is CC(C)(C)C(=O)N1CC(Oc2ccccc2)C1. The van der Waals surface area contributed by atoms with E-state index >= 15 is 0 Å². The van der Waals surface area contributed by atoms with Crippen LogP contribution in [0.4, 0.5) is 0 Å². The number of ether oxygens (including phenoxy) is 1. The van der Waals surface area contributed by atoms with Crippen LogP contribution in [-0.4, -0.2) is 30.0 Å². The predicted molar refractivity (Wildman–Crippen MR) is 66.9 cm³/mol. The number of amides is 1. The summed E-state index contributed by atoms with van der Waals surface area (Å²) in [5.41, 5.74) is -0.294. The van der Waals surface area contributed by atoms with E-state index in [9.17, 15) is 4.79 Å². The fraction of sp³-hybridized carbons (Fsp3) is 0.500. The largest absolute Gasteiger partial charge is 0.487 e. The van der Waals surface area contributed by atoms with Gasteiger partial charge in [-0.1, -0.05) is 39.0 Å². The molecule has 0 atom stereocenters. The lowest BCUT2D eigenvalue weighted by atomic mass is 9.93. The first-order valence-electron chi connectivity index (χ1n) is 5.98. The van der Waals surface area contributed by atoms with E-state index in [0.29, 0.717) is 13.1 Å². The molecular weight excluding hydrogens is 214 g/mol. The number of carbonyl (C=O) groups is 1. The summed E-state index contributed by atoms with van der Waals surface area (Å²) >= 11 is 0. The minimum Gasteiger partial charge on any atom is -0.487 e. The average molecular weight is 233 g/mol. The van der Waals surface area contributed by atoms with E-state index in [4.69, 9.17) is 4.74 Å². The maximum absolute atomic E-state index is 11.9. The fourth-order valence-corrected chi connectivity index (χ4v) is 1.84. The molecule has 0 radical (unpaired) electrons. The van der Waals surface area contributed by atoms with Crippen LogP contribution in [0.3, 0.4) is 0 Å². The van der Waals surface area contributed by atoms with Gasteiger partial charge in [-0.15, -0.1) is 0 Å². The number of carbonyl (C=O) groups excluding carboxylic acids is 1. The van der Waals surface area contributed by atoms with Crippen molar-refractivity contribution in [3.63, 3.8) is 0 Å². The molecule has 0 bridgehead atoms. The average Bonchev–Trinajstić information content (AvgIpc) is 2.22. The predicted octanol–water partition coefficient (Wildman–Crippen LogP) is 2.32. The van der Waals surface area contributed by atoms with Gasteiger partial charge in [0.25, 0.3) is 0 Å². The van der Waals surface area contributed by atoms with Crippen molar-refractivity contribution < 1.29 is 9.53 Å². The Bertz CT molecular complexity index is 388. The van der Waals surface area contributed by atoms with E-state index < -0.39 is 0 Å². The second-order valence-electron chi connectivity index (χ2n) is 5.51. The van der Waals surface area contributed by atoms with Crippen molar-refractivity contribution >= 4 is 5.91 Å². The van der Waals surface area contributed by atoms with E-state index in [2.05, 4.69) is 0 Å². The number of likely N-dealkylation sites (tertiary alicyclic amines) is 1. The Morgan fingerprint density at radius 3 is 2.35 bits per heavy atom. The van der Waals surface area contributed by atoms with Crippen LogP contribution in [0.1, 0.15) is 20.8 Å². The Kier molecular flexibility index (Phi) is 3.09. The molecule has 1 aromatic rings. The van der Waals surface area contributed by atoms with Crippen molar-refractivity contribution in [2.45, 2.75) is 26.9 Å². The summed E-state index contributed by atoms with van der Waals surface area (Å²) in [6.45, 7) is 7.23. The van der Waals surface area contributed by atoms with E-state index in [-0.39, 0.29) is 17.4 Å². The van der Waals surface area contributed by atoms with Crippen LogP contribution in [0.5, 0.6) is 5.75 Å². The van der Waals surface area contributed by atoms with Crippen LogP contribution in [-0.2, 0) is 4.79 Å². The van der Waals surface area contributed by atoms with Gasteiger partial charge >= 0.3 is 0 Å². The molecular formula is C14H19NO2. The molecule has 0 aromatic heterocycles. The topological polar surface area (TPSA) is 29.5 Å². The molecule has 1 aliphatic rings. The molecule has 2 rings (SSSR count). The van der Waals surface area contributed by atoms with Crippen LogP contribution >= 0.6 is 0 Å². The molecule has 1 aliphatic heterocycles. The third-order valence-corrected chi connectivity index (χ3v) is 2.82. The van der Waals surface area contributed by atoms with E-state index in [0.717, 1.165) is 5.75 Å². The molecule has 0 saturated carbocycles. The molecule has 0 aliphatic carbocycles. The van der Waals surface area contributed by atoms with Gasteiger partial charge < -0.3 is 9.64 Å².